The molecule has 2 aromatic rings. The van der Waals surface area contributed by atoms with Crippen molar-refractivity contribution in [1.82, 2.24) is 24.6 Å². The second-order valence-corrected chi connectivity index (χ2v) is 10.6. The number of carboxylic acid groups (broad SMARTS) is 1. The van der Waals surface area contributed by atoms with Crippen molar-refractivity contribution in [3.05, 3.63) is 52.1 Å². The number of thioether (sulfide) groups is 2. The van der Waals surface area contributed by atoms with Crippen molar-refractivity contribution in [1.29, 1.82) is 0 Å². The molecule has 2 aliphatic heterocycles. The third kappa shape index (κ3) is 5.94. The molecule has 4 rings (SSSR count). The summed E-state index contributed by atoms with van der Waals surface area (Å²) in [6.45, 7) is 3.81. The van der Waals surface area contributed by atoms with Gasteiger partial charge in [-0.25, -0.2) is 4.79 Å². The van der Waals surface area contributed by atoms with Crippen LogP contribution in [0.3, 0.4) is 0 Å². The molecule has 12 nitrogen and oxygen atoms in total. The predicted octanol–water partition coefficient (Wildman–Crippen LogP) is 1.71. The number of nitrogens with zero attached hydrogens (tertiary/aromatic N) is 5. The molecule has 0 radical (unpaired) electrons. The summed E-state index contributed by atoms with van der Waals surface area (Å²) in [5.41, 5.74) is 7.83. The van der Waals surface area contributed by atoms with E-state index in [9.17, 15) is 19.5 Å². The molecule has 2 aromatic heterocycles. The van der Waals surface area contributed by atoms with E-state index in [-0.39, 0.29) is 29.0 Å². The van der Waals surface area contributed by atoms with Gasteiger partial charge < -0.3 is 21.0 Å². The molecular formula is C22H23N7O5S3. The van der Waals surface area contributed by atoms with Crippen LogP contribution >= 0.6 is 35.1 Å². The first-order valence-electron chi connectivity index (χ1n) is 11.0. The van der Waals surface area contributed by atoms with Crippen LogP contribution in [0.5, 0.6) is 0 Å². The van der Waals surface area contributed by atoms with Crippen LogP contribution in [0.15, 0.2) is 40.2 Å². The van der Waals surface area contributed by atoms with Gasteiger partial charge in [0.2, 0.25) is 11.5 Å². The number of carbonyl (C=O) groups excluding carboxylic acids is 2. The Morgan fingerprint density at radius 2 is 2.24 bits per heavy atom. The van der Waals surface area contributed by atoms with Gasteiger partial charge in [0.15, 0.2) is 5.13 Å². The van der Waals surface area contributed by atoms with Crippen molar-refractivity contribution in [2.45, 2.75) is 25.3 Å². The first-order valence-corrected chi connectivity index (χ1v) is 13.9. The van der Waals surface area contributed by atoms with E-state index in [1.165, 1.54) is 28.4 Å². The number of nitrogens with two attached hydrogens (primary N) is 1. The van der Waals surface area contributed by atoms with Gasteiger partial charge in [-0.05, 0) is 42.5 Å². The molecule has 4 N–H and O–H groups in total. The third-order valence-corrected chi connectivity index (χ3v) is 7.96. The topological polar surface area (TPSA) is 173 Å². The van der Waals surface area contributed by atoms with E-state index in [0.717, 1.165) is 22.8 Å². The zero-order valence-electron chi connectivity index (χ0n) is 19.8. The number of β-lactam (4-membered cyclic amide) rings is 1. The van der Waals surface area contributed by atoms with Crippen molar-refractivity contribution in [3.63, 3.8) is 0 Å². The number of aryl methyl sites for hydroxylation is 1. The SMILES string of the molecule is CCO/N=C(/C(=O)NC1C(=O)N2C(C(=O)O)=C(CS/C=C\c3ccc(C)nc3)CS[C@H]12)c1nsc(N)n1. The number of hydrogen-bond acceptors (Lipinski definition) is 12. The molecule has 2 aliphatic rings. The van der Waals surface area contributed by atoms with Gasteiger partial charge in [0.1, 0.15) is 23.7 Å². The van der Waals surface area contributed by atoms with Crippen molar-refractivity contribution in [2.75, 3.05) is 23.8 Å². The molecule has 1 unspecified atom stereocenters. The van der Waals surface area contributed by atoms with Crippen molar-refractivity contribution >= 4 is 69.8 Å². The molecule has 0 bridgehead atoms. The minimum Gasteiger partial charge on any atom is -0.477 e. The van der Waals surface area contributed by atoms with Crippen molar-refractivity contribution < 1.29 is 24.3 Å². The first kappa shape index (κ1) is 26.6. The lowest BCUT2D eigenvalue weighted by Gasteiger charge is -2.49. The van der Waals surface area contributed by atoms with Gasteiger partial charge in [0.05, 0.1) is 0 Å². The van der Waals surface area contributed by atoms with Gasteiger partial charge in [-0.2, -0.15) is 9.36 Å². The maximum Gasteiger partial charge on any atom is 0.352 e. The van der Waals surface area contributed by atoms with E-state index in [1.54, 1.807) is 13.1 Å². The Hall–Kier alpha value is -3.43. The highest BCUT2D eigenvalue weighted by molar-refractivity contribution is 8.02. The molecule has 194 valence electrons. The Bertz CT molecular complexity index is 1290. The van der Waals surface area contributed by atoms with Gasteiger partial charge in [0, 0.05) is 34.9 Å². The number of carboxylic acids is 1. The lowest BCUT2D eigenvalue weighted by atomic mass is 10.0. The van der Waals surface area contributed by atoms with E-state index in [2.05, 4.69) is 24.8 Å². The number of carbonyl (C=O) groups is 3. The van der Waals surface area contributed by atoms with E-state index in [0.29, 0.717) is 17.1 Å². The fraction of sp³-hybridized carbons (Fsp3) is 0.318. The first-order chi connectivity index (χ1) is 17.8. The quantitative estimate of drug-likeness (QED) is 0.219. The Labute approximate surface area is 224 Å². The standard InChI is InChI=1S/C22H23N7O5S3/c1-3-34-27-14(17-26-22(23)37-28-17)18(30)25-15-19(31)29-16(21(32)33)13(10-36-20(15)29)9-35-7-6-12-5-4-11(2)24-8-12/h4-8,15,20H,3,9-10H2,1-2H3,(H,25,30)(H,32,33)(H2,23,26,28)/b7-6-,27-14+/t15?,20-/m1/s1. The molecule has 37 heavy (non-hydrogen) atoms. The summed E-state index contributed by atoms with van der Waals surface area (Å²) in [5, 5.41) is 17.7. The van der Waals surface area contributed by atoms with E-state index in [1.807, 2.05) is 30.5 Å². The summed E-state index contributed by atoms with van der Waals surface area (Å²) in [4.78, 5) is 52.4. The minimum absolute atomic E-state index is 0.0201. The molecule has 0 aromatic carbocycles. The Kier molecular flexibility index (Phi) is 8.45. The van der Waals surface area contributed by atoms with Crippen LogP contribution in [0.1, 0.15) is 24.0 Å². The molecule has 1 fully saturated rings. The fourth-order valence-corrected chi connectivity index (χ4v) is 6.20. The summed E-state index contributed by atoms with van der Waals surface area (Å²) in [6.07, 6.45) is 3.65. The fourth-order valence-electron chi connectivity index (χ4n) is 3.50. The number of aliphatic carboxylic acids is 1. The van der Waals surface area contributed by atoms with Crippen LogP contribution in [-0.4, -0.2) is 77.4 Å². The third-order valence-electron chi connectivity index (χ3n) is 5.24. The molecule has 1 saturated heterocycles. The molecule has 2 atom stereocenters. The summed E-state index contributed by atoms with van der Waals surface area (Å²) in [6, 6.07) is 2.92. The highest BCUT2D eigenvalue weighted by Gasteiger charge is 2.54. The number of nitrogens with one attached hydrogen (secondary N) is 1. The Morgan fingerprint density at radius 3 is 2.89 bits per heavy atom. The maximum atomic E-state index is 13.0. The van der Waals surface area contributed by atoms with Crippen LogP contribution in [0.2, 0.25) is 0 Å². The number of rotatable bonds is 10. The normalized spacial score (nSPS) is 19.6. The number of nitrogen functional groups attached to an aromatic ring is 1. The molecular weight excluding hydrogens is 538 g/mol. The number of aromatic nitrogens is 3. The lowest BCUT2D eigenvalue weighted by Crippen LogP contribution is -2.71. The van der Waals surface area contributed by atoms with Crippen LogP contribution in [-0.2, 0) is 19.2 Å². The largest absolute Gasteiger partial charge is 0.477 e. The molecule has 15 heteroatoms. The number of oxime groups is 1. The second-order valence-electron chi connectivity index (χ2n) is 7.78. The summed E-state index contributed by atoms with van der Waals surface area (Å²) in [7, 11) is 0. The van der Waals surface area contributed by atoms with Crippen LogP contribution in [0, 0.1) is 6.92 Å². The highest BCUT2D eigenvalue weighted by Crippen LogP contribution is 2.41. The molecule has 0 spiro atoms. The minimum atomic E-state index is -1.19. The second kappa shape index (κ2) is 11.7. The van der Waals surface area contributed by atoms with E-state index in [4.69, 9.17) is 10.6 Å². The van der Waals surface area contributed by atoms with Gasteiger partial charge >= 0.3 is 5.97 Å². The number of amides is 2. The lowest BCUT2D eigenvalue weighted by molar-refractivity contribution is -0.150. The Balaban J connectivity index is 1.44. The van der Waals surface area contributed by atoms with Gasteiger partial charge in [-0.3, -0.25) is 19.5 Å². The molecule has 0 aliphatic carbocycles. The highest BCUT2D eigenvalue weighted by atomic mass is 32.2. The molecule has 0 saturated carbocycles. The zero-order chi connectivity index (χ0) is 26.5. The summed E-state index contributed by atoms with van der Waals surface area (Å²) < 4.78 is 3.98. The van der Waals surface area contributed by atoms with Crippen molar-refractivity contribution in [3.8, 4) is 0 Å². The molecule has 2 amide bonds. The maximum absolute atomic E-state index is 13.0. The predicted molar refractivity (Wildman–Crippen MR) is 143 cm³/mol. The average Bonchev–Trinajstić information content (AvgIpc) is 3.31. The molecule has 4 heterocycles. The Morgan fingerprint density at radius 1 is 1.43 bits per heavy atom. The number of anilines is 1. The number of fused-ring (bicyclic) bond motifs is 1. The monoisotopic (exact) mass is 561 g/mol. The average molecular weight is 562 g/mol. The summed E-state index contributed by atoms with van der Waals surface area (Å²) >= 11 is 3.70. The number of pyridine rings is 1. The smallest absolute Gasteiger partial charge is 0.352 e. The van der Waals surface area contributed by atoms with Crippen LogP contribution < -0.4 is 11.1 Å². The van der Waals surface area contributed by atoms with Gasteiger partial charge in [-0.15, -0.1) is 23.5 Å². The van der Waals surface area contributed by atoms with Crippen LogP contribution in [0.25, 0.3) is 6.08 Å². The van der Waals surface area contributed by atoms with E-state index >= 15 is 0 Å². The zero-order valence-corrected chi connectivity index (χ0v) is 22.2. The van der Waals surface area contributed by atoms with Gasteiger partial charge in [0.25, 0.3) is 11.8 Å². The van der Waals surface area contributed by atoms with E-state index < -0.39 is 29.2 Å². The number of hydrogen-bond donors (Lipinski definition) is 3. The van der Waals surface area contributed by atoms with Crippen molar-refractivity contribution in [2.24, 2.45) is 5.16 Å². The van der Waals surface area contributed by atoms with Gasteiger partial charge in [-0.1, -0.05) is 11.2 Å². The summed E-state index contributed by atoms with van der Waals surface area (Å²) in [5.74, 6) is -1.64. The van der Waals surface area contributed by atoms with Crippen LogP contribution in [0.4, 0.5) is 5.13 Å².